The number of aliphatic hydroxyl groups is 1. The fourth-order valence-corrected chi connectivity index (χ4v) is 2.43. The molecule has 0 unspecified atom stereocenters. The topological polar surface area (TPSA) is 55.8 Å². The number of carbonyl (C=O) groups excluding carboxylic acids is 1. The number of rotatable bonds is 7. The van der Waals surface area contributed by atoms with Crippen LogP contribution in [0, 0.1) is 11.8 Å². The minimum absolute atomic E-state index is 0.0609. The van der Waals surface area contributed by atoms with Crippen LogP contribution in [0.5, 0.6) is 5.75 Å². The molecule has 114 valence electrons. The van der Waals surface area contributed by atoms with E-state index in [1.54, 1.807) is 14.0 Å². The first-order valence-corrected chi connectivity index (χ1v) is 7.86. The lowest BCUT2D eigenvalue weighted by Gasteiger charge is -2.08. The minimum atomic E-state index is -0.208. The van der Waals surface area contributed by atoms with Gasteiger partial charge in [-0.1, -0.05) is 11.8 Å². The van der Waals surface area contributed by atoms with Gasteiger partial charge in [-0.05, 0) is 25.1 Å². The lowest BCUT2D eigenvalue weighted by molar-refractivity contribution is -0.139. The van der Waals surface area contributed by atoms with Crippen LogP contribution >= 0.6 is 11.8 Å². The molecule has 5 heteroatoms. The summed E-state index contributed by atoms with van der Waals surface area (Å²) in [6.45, 7) is 2.25. The summed E-state index contributed by atoms with van der Waals surface area (Å²) in [5.41, 5.74) is 1.86. The summed E-state index contributed by atoms with van der Waals surface area (Å²) in [5.74, 6) is 7.41. The van der Waals surface area contributed by atoms with Crippen molar-refractivity contribution >= 4 is 17.7 Å². The van der Waals surface area contributed by atoms with Gasteiger partial charge in [-0.25, -0.2) is 0 Å². The summed E-state index contributed by atoms with van der Waals surface area (Å²) in [6.07, 6.45) is 0.457. The highest BCUT2D eigenvalue weighted by atomic mass is 32.2. The normalized spacial score (nSPS) is 9.67. The van der Waals surface area contributed by atoms with E-state index in [0.717, 1.165) is 16.9 Å². The Morgan fingerprint density at radius 3 is 2.90 bits per heavy atom. The fraction of sp³-hybridized carbons (Fsp3) is 0.438. The van der Waals surface area contributed by atoms with Crippen molar-refractivity contribution in [1.82, 2.24) is 0 Å². The van der Waals surface area contributed by atoms with Crippen molar-refractivity contribution in [3.8, 4) is 17.6 Å². The first kappa shape index (κ1) is 17.4. The molecule has 0 aliphatic carbocycles. The van der Waals surface area contributed by atoms with Crippen molar-refractivity contribution in [1.29, 1.82) is 0 Å². The van der Waals surface area contributed by atoms with Crippen LogP contribution in [0.15, 0.2) is 18.2 Å². The second kappa shape index (κ2) is 10.1. The lowest BCUT2D eigenvalue weighted by Crippen LogP contribution is -2.06. The van der Waals surface area contributed by atoms with Gasteiger partial charge in [0.1, 0.15) is 5.75 Å². The Morgan fingerprint density at radius 2 is 2.24 bits per heavy atom. The summed E-state index contributed by atoms with van der Waals surface area (Å²) in [6, 6.07) is 5.69. The van der Waals surface area contributed by atoms with E-state index in [2.05, 4.69) is 11.8 Å². The number of methoxy groups -OCH3 is 1. The SMILES string of the molecule is CCOC(=O)CSCc1cc(C#CCCO)ccc1OC. The number of hydrogen-bond donors (Lipinski definition) is 1. The van der Waals surface area contributed by atoms with Crippen molar-refractivity contribution in [2.45, 2.75) is 19.1 Å². The van der Waals surface area contributed by atoms with Gasteiger partial charge in [0, 0.05) is 23.3 Å². The zero-order valence-electron chi connectivity index (χ0n) is 12.3. The Morgan fingerprint density at radius 1 is 1.43 bits per heavy atom. The van der Waals surface area contributed by atoms with E-state index < -0.39 is 0 Å². The molecule has 0 saturated heterocycles. The van der Waals surface area contributed by atoms with Crippen LogP contribution in [-0.4, -0.2) is 37.2 Å². The predicted molar refractivity (Wildman–Crippen MR) is 84.4 cm³/mol. The second-order valence-electron chi connectivity index (χ2n) is 4.10. The van der Waals surface area contributed by atoms with Crippen LogP contribution in [0.3, 0.4) is 0 Å². The molecule has 1 aromatic rings. The molecule has 0 fully saturated rings. The van der Waals surface area contributed by atoms with Gasteiger partial charge in [0.05, 0.1) is 26.1 Å². The van der Waals surface area contributed by atoms with E-state index in [4.69, 9.17) is 14.6 Å². The average Bonchev–Trinajstić information content (AvgIpc) is 2.48. The molecule has 1 aromatic carbocycles. The molecule has 0 aliphatic rings. The number of benzene rings is 1. The van der Waals surface area contributed by atoms with Crippen molar-refractivity contribution in [2.75, 3.05) is 26.1 Å². The third-order valence-corrected chi connectivity index (χ3v) is 3.49. The molecule has 0 amide bonds. The molecule has 0 saturated carbocycles. The molecular weight excluding hydrogens is 288 g/mol. The van der Waals surface area contributed by atoms with Crippen LogP contribution < -0.4 is 4.74 Å². The first-order chi connectivity index (χ1) is 10.2. The van der Waals surface area contributed by atoms with Crippen molar-refractivity contribution < 1.29 is 19.4 Å². The summed E-state index contributed by atoms with van der Waals surface area (Å²) < 4.78 is 10.2. The highest BCUT2D eigenvalue weighted by molar-refractivity contribution is 7.99. The molecule has 4 nitrogen and oxygen atoms in total. The minimum Gasteiger partial charge on any atom is -0.496 e. The van der Waals surface area contributed by atoms with E-state index in [1.165, 1.54) is 11.8 Å². The van der Waals surface area contributed by atoms with Crippen LogP contribution in [0.25, 0.3) is 0 Å². The second-order valence-corrected chi connectivity index (χ2v) is 5.09. The van der Waals surface area contributed by atoms with E-state index >= 15 is 0 Å². The molecule has 0 atom stereocenters. The third-order valence-electron chi connectivity index (χ3n) is 2.53. The summed E-state index contributed by atoms with van der Waals surface area (Å²) >= 11 is 1.48. The van der Waals surface area contributed by atoms with Gasteiger partial charge >= 0.3 is 5.97 Å². The van der Waals surface area contributed by atoms with E-state index in [1.807, 2.05) is 18.2 Å². The average molecular weight is 308 g/mol. The smallest absolute Gasteiger partial charge is 0.315 e. The monoisotopic (exact) mass is 308 g/mol. The quantitative estimate of drug-likeness (QED) is 0.618. The van der Waals surface area contributed by atoms with Crippen LogP contribution in [0.4, 0.5) is 0 Å². The van der Waals surface area contributed by atoms with Crippen LogP contribution in [0.1, 0.15) is 24.5 Å². The number of aliphatic hydroxyl groups excluding tert-OH is 1. The number of hydrogen-bond acceptors (Lipinski definition) is 5. The Bertz CT molecular complexity index is 517. The van der Waals surface area contributed by atoms with Gasteiger partial charge in [0.2, 0.25) is 0 Å². The van der Waals surface area contributed by atoms with Gasteiger partial charge in [0.15, 0.2) is 0 Å². The fourth-order valence-electron chi connectivity index (χ4n) is 1.64. The van der Waals surface area contributed by atoms with E-state index in [0.29, 0.717) is 24.5 Å². The van der Waals surface area contributed by atoms with E-state index in [9.17, 15) is 4.79 Å². The van der Waals surface area contributed by atoms with Crippen LogP contribution in [-0.2, 0) is 15.3 Å². The lowest BCUT2D eigenvalue weighted by atomic mass is 10.1. The summed E-state index contributed by atoms with van der Waals surface area (Å²) in [7, 11) is 1.62. The zero-order valence-corrected chi connectivity index (χ0v) is 13.2. The van der Waals surface area contributed by atoms with E-state index in [-0.39, 0.29) is 12.6 Å². The maximum absolute atomic E-state index is 11.3. The Hall–Kier alpha value is -1.64. The summed E-state index contributed by atoms with van der Waals surface area (Å²) in [5, 5.41) is 8.72. The molecule has 0 spiro atoms. The zero-order chi connectivity index (χ0) is 15.5. The van der Waals surface area contributed by atoms with Gasteiger partial charge in [-0.2, -0.15) is 0 Å². The molecule has 0 aromatic heterocycles. The standard InChI is InChI=1S/C16H20O4S/c1-3-20-16(18)12-21-11-14-10-13(6-4-5-9-17)7-8-15(14)19-2/h7-8,10,17H,3,5,9,11-12H2,1-2H3. The van der Waals surface area contributed by atoms with Gasteiger partial charge in [0.25, 0.3) is 0 Å². The molecule has 21 heavy (non-hydrogen) atoms. The largest absolute Gasteiger partial charge is 0.496 e. The molecule has 0 heterocycles. The third kappa shape index (κ3) is 6.56. The van der Waals surface area contributed by atoms with Crippen molar-refractivity contribution in [2.24, 2.45) is 0 Å². The Labute approximate surface area is 129 Å². The molecule has 0 aliphatic heterocycles. The molecular formula is C16H20O4S. The predicted octanol–water partition coefficient (Wildman–Crippen LogP) is 2.23. The van der Waals surface area contributed by atoms with Gasteiger partial charge in [-0.3, -0.25) is 4.79 Å². The van der Waals surface area contributed by atoms with Gasteiger partial charge in [-0.15, -0.1) is 11.8 Å². The molecule has 0 bridgehead atoms. The number of thioether (sulfide) groups is 1. The Balaban J connectivity index is 2.68. The molecule has 1 rings (SSSR count). The van der Waals surface area contributed by atoms with Crippen molar-refractivity contribution in [3.63, 3.8) is 0 Å². The molecule has 0 radical (unpaired) electrons. The number of esters is 1. The highest BCUT2D eigenvalue weighted by Crippen LogP contribution is 2.24. The number of ether oxygens (including phenoxy) is 2. The van der Waals surface area contributed by atoms with Gasteiger partial charge < -0.3 is 14.6 Å². The Kier molecular flexibility index (Phi) is 8.41. The maximum atomic E-state index is 11.3. The van der Waals surface area contributed by atoms with Crippen LogP contribution in [0.2, 0.25) is 0 Å². The molecule has 1 N–H and O–H groups in total. The highest BCUT2D eigenvalue weighted by Gasteiger charge is 2.07. The van der Waals surface area contributed by atoms with Crippen molar-refractivity contribution in [3.05, 3.63) is 29.3 Å². The first-order valence-electron chi connectivity index (χ1n) is 6.71. The number of carbonyl (C=O) groups is 1. The summed E-state index contributed by atoms with van der Waals surface area (Å²) in [4.78, 5) is 11.3. The maximum Gasteiger partial charge on any atom is 0.315 e.